The molecule has 0 amide bonds. The Morgan fingerprint density at radius 1 is 1.73 bits per heavy atom. The summed E-state index contributed by atoms with van der Waals surface area (Å²) in [5.41, 5.74) is 6.71. The largest absolute Gasteiger partial charge is 0.328 e. The van der Waals surface area contributed by atoms with Crippen LogP contribution in [0.1, 0.15) is 19.5 Å². The van der Waals surface area contributed by atoms with Crippen LogP contribution in [-0.4, -0.2) is 15.8 Å². The molecule has 1 rings (SSSR count). The van der Waals surface area contributed by atoms with Crippen LogP contribution in [0.3, 0.4) is 0 Å². The van der Waals surface area contributed by atoms with Crippen molar-refractivity contribution in [1.29, 1.82) is 0 Å². The van der Waals surface area contributed by atoms with Crippen LogP contribution in [0.4, 0.5) is 0 Å². The van der Waals surface area contributed by atoms with Gasteiger partial charge >= 0.3 is 0 Å². The first-order valence-corrected chi connectivity index (χ1v) is 4.00. The molecule has 0 unspecified atom stereocenters. The van der Waals surface area contributed by atoms with Crippen molar-refractivity contribution < 1.29 is 0 Å². The summed E-state index contributed by atoms with van der Waals surface area (Å²) in [6.45, 7) is 4.99. The van der Waals surface area contributed by atoms with Gasteiger partial charge in [-0.1, -0.05) is 0 Å². The van der Waals surface area contributed by atoms with Crippen molar-refractivity contribution in [1.82, 2.24) is 9.78 Å². The fraction of sp³-hybridized carbons (Fsp3) is 0.625. The summed E-state index contributed by atoms with van der Waals surface area (Å²) in [4.78, 5) is 0. The predicted octanol–water partition coefficient (Wildman–Crippen LogP) is 0.793. The lowest BCUT2D eigenvalue weighted by molar-refractivity contribution is 0.631. The van der Waals surface area contributed by atoms with E-state index in [4.69, 9.17) is 5.73 Å². The van der Waals surface area contributed by atoms with Gasteiger partial charge in [0, 0.05) is 25.2 Å². The molecule has 0 saturated carbocycles. The van der Waals surface area contributed by atoms with Crippen LogP contribution in [0.25, 0.3) is 0 Å². The van der Waals surface area contributed by atoms with Crippen molar-refractivity contribution in [2.45, 2.75) is 32.9 Å². The van der Waals surface area contributed by atoms with Crippen molar-refractivity contribution in [3.63, 3.8) is 0 Å². The molecule has 0 fully saturated rings. The highest BCUT2D eigenvalue weighted by molar-refractivity contribution is 5.00. The van der Waals surface area contributed by atoms with E-state index in [-0.39, 0.29) is 6.04 Å². The first-order chi connectivity index (χ1) is 5.22. The number of rotatable bonds is 3. The Hall–Kier alpha value is -0.830. The minimum Gasteiger partial charge on any atom is -0.328 e. The van der Waals surface area contributed by atoms with Crippen LogP contribution in [0.5, 0.6) is 0 Å². The highest BCUT2D eigenvalue weighted by atomic mass is 15.3. The van der Waals surface area contributed by atoms with Crippen molar-refractivity contribution >= 4 is 0 Å². The molecule has 0 aliphatic rings. The molecule has 1 aromatic heterocycles. The van der Waals surface area contributed by atoms with E-state index in [0.29, 0.717) is 0 Å². The van der Waals surface area contributed by atoms with Gasteiger partial charge in [-0.25, -0.2) is 0 Å². The molecule has 0 aliphatic carbocycles. The van der Waals surface area contributed by atoms with Crippen molar-refractivity contribution in [2.75, 3.05) is 0 Å². The second-order valence-corrected chi connectivity index (χ2v) is 2.84. The van der Waals surface area contributed by atoms with Gasteiger partial charge < -0.3 is 5.73 Å². The Kier molecular flexibility index (Phi) is 2.65. The molecule has 2 N–H and O–H groups in total. The van der Waals surface area contributed by atoms with Crippen LogP contribution < -0.4 is 5.73 Å². The van der Waals surface area contributed by atoms with E-state index in [1.165, 1.54) is 0 Å². The van der Waals surface area contributed by atoms with Crippen LogP contribution in [0.15, 0.2) is 12.3 Å². The maximum atomic E-state index is 5.63. The van der Waals surface area contributed by atoms with E-state index >= 15 is 0 Å². The van der Waals surface area contributed by atoms with E-state index < -0.39 is 0 Å². The zero-order valence-electron chi connectivity index (χ0n) is 7.12. The van der Waals surface area contributed by atoms with Gasteiger partial charge in [0.1, 0.15) is 0 Å². The first-order valence-electron chi connectivity index (χ1n) is 4.00. The maximum Gasteiger partial charge on any atom is 0.0639 e. The molecule has 1 atom stereocenters. The zero-order valence-corrected chi connectivity index (χ0v) is 7.12. The third-order valence-corrected chi connectivity index (χ3v) is 1.55. The third-order valence-electron chi connectivity index (χ3n) is 1.55. The minimum absolute atomic E-state index is 0.204. The van der Waals surface area contributed by atoms with Crippen LogP contribution in [-0.2, 0) is 13.0 Å². The third kappa shape index (κ3) is 2.35. The van der Waals surface area contributed by atoms with Crippen molar-refractivity contribution in [2.24, 2.45) is 5.73 Å². The summed E-state index contributed by atoms with van der Waals surface area (Å²) in [7, 11) is 0. The summed E-state index contributed by atoms with van der Waals surface area (Å²) in [5, 5.41) is 4.31. The molecule has 1 aromatic rings. The summed E-state index contributed by atoms with van der Waals surface area (Å²) in [6, 6.07) is 2.22. The van der Waals surface area contributed by atoms with Gasteiger partial charge in [0.25, 0.3) is 0 Å². The smallest absolute Gasteiger partial charge is 0.0639 e. The number of aryl methyl sites for hydroxylation is 1. The van der Waals surface area contributed by atoms with Gasteiger partial charge in [-0.15, -0.1) is 0 Å². The SMILES string of the molecule is CCn1ccc(C[C@@H](C)N)n1. The van der Waals surface area contributed by atoms with Gasteiger partial charge in [-0.05, 0) is 19.9 Å². The Bertz CT molecular complexity index is 215. The first kappa shape index (κ1) is 8.27. The fourth-order valence-electron chi connectivity index (χ4n) is 1.02. The molecular formula is C8H15N3. The van der Waals surface area contributed by atoms with Crippen LogP contribution in [0.2, 0.25) is 0 Å². The van der Waals surface area contributed by atoms with E-state index in [9.17, 15) is 0 Å². The molecule has 0 spiro atoms. The number of nitrogens with zero attached hydrogens (tertiary/aromatic N) is 2. The lowest BCUT2D eigenvalue weighted by Crippen LogP contribution is -2.18. The second-order valence-electron chi connectivity index (χ2n) is 2.84. The number of nitrogens with two attached hydrogens (primary N) is 1. The Balaban J connectivity index is 2.58. The highest BCUT2D eigenvalue weighted by Gasteiger charge is 2.00. The Morgan fingerprint density at radius 3 is 2.91 bits per heavy atom. The van der Waals surface area contributed by atoms with Crippen LogP contribution in [0, 0.1) is 0 Å². The quantitative estimate of drug-likeness (QED) is 0.697. The molecule has 1 heterocycles. The molecule has 3 heteroatoms. The van der Waals surface area contributed by atoms with E-state index in [2.05, 4.69) is 12.0 Å². The van der Waals surface area contributed by atoms with Gasteiger partial charge in [0.15, 0.2) is 0 Å². The average Bonchev–Trinajstić information content (AvgIpc) is 2.34. The van der Waals surface area contributed by atoms with Gasteiger partial charge in [-0.2, -0.15) is 5.10 Å². The molecule has 0 saturated heterocycles. The summed E-state index contributed by atoms with van der Waals surface area (Å²) < 4.78 is 1.91. The topological polar surface area (TPSA) is 43.8 Å². The van der Waals surface area contributed by atoms with Crippen molar-refractivity contribution in [3.8, 4) is 0 Å². The standard InChI is InChI=1S/C8H15N3/c1-3-11-5-4-8(10-11)6-7(2)9/h4-5,7H,3,6,9H2,1-2H3/t7-/m1/s1. The molecule has 0 bridgehead atoms. The maximum absolute atomic E-state index is 5.63. The molecule has 3 nitrogen and oxygen atoms in total. The second kappa shape index (κ2) is 3.53. The van der Waals surface area contributed by atoms with Crippen molar-refractivity contribution in [3.05, 3.63) is 18.0 Å². The number of aromatic nitrogens is 2. The normalized spacial score (nSPS) is 13.4. The van der Waals surface area contributed by atoms with E-state index in [1.807, 2.05) is 23.9 Å². The molecular weight excluding hydrogens is 138 g/mol. The Labute approximate surface area is 67.2 Å². The molecule has 11 heavy (non-hydrogen) atoms. The fourth-order valence-corrected chi connectivity index (χ4v) is 1.02. The summed E-state index contributed by atoms with van der Waals surface area (Å²) >= 11 is 0. The average molecular weight is 153 g/mol. The van der Waals surface area contributed by atoms with E-state index in [1.54, 1.807) is 0 Å². The summed E-state index contributed by atoms with van der Waals surface area (Å²) in [5.74, 6) is 0. The van der Waals surface area contributed by atoms with Gasteiger partial charge in [-0.3, -0.25) is 4.68 Å². The number of hydrogen-bond donors (Lipinski definition) is 1. The number of hydrogen-bond acceptors (Lipinski definition) is 2. The zero-order chi connectivity index (χ0) is 8.27. The minimum atomic E-state index is 0.204. The monoisotopic (exact) mass is 153 g/mol. The molecule has 0 aromatic carbocycles. The summed E-state index contributed by atoms with van der Waals surface area (Å²) in [6.07, 6.45) is 2.85. The predicted molar refractivity (Wildman–Crippen MR) is 45.3 cm³/mol. The Morgan fingerprint density at radius 2 is 2.45 bits per heavy atom. The molecule has 62 valence electrons. The lowest BCUT2D eigenvalue weighted by atomic mass is 10.2. The van der Waals surface area contributed by atoms with Crippen LogP contribution >= 0.6 is 0 Å². The lowest BCUT2D eigenvalue weighted by Gasteiger charge is -1.99. The highest BCUT2D eigenvalue weighted by Crippen LogP contribution is 1.98. The van der Waals surface area contributed by atoms with Gasteiger partial charge in [0.05, 0.1) is 5.69 Å². The molecule has 0 radical (unpaired) electrons. The van der Waals surface area contributed by atoms with Gasteiger partial charge in [0.2, 0.25) is 0 Å². The van der Waals surface area contributed by atoms with E-state index in [0.717, 1.165) is 18.7 Å². The molecule has 0 aliphatic heterocycles.